The number of ether oxygens (including phenoxy) is 3. The Kier molecular flexibility index (Phi) is 13.2. The molecule has 6 N–H and O–H groups in total. The van der Waals surface area contributed by atoms with Gasteiger partial charge in [0, 0.05) is 75.9 Å². The number of aliphatic hydroxyl groups is 5. The van der Waals surface area contributed by atoms with Crippen molar-refractivity contribution in [2.24, 2.45) is 5.92 Å². The van der Waals surface area contributed by atoms with Gasteiger partial charge >= 0.3 is 12.1 Å². The van der Waals surface area contributed by atoms with E-state index in [4.69, 9.17) is 19.3 Å². The third-order valence-electron chi connectivity index (χ3n) is 9.64. The highest BCUT2D eigenvalue weighted by Gasteiger charge is 2.34. The van der Waals surface area contributed by atoms with Crippen LogP contribution < -0.4 is 14.8 Å². The smallest absolute Gasteiger partial charge is 0.415 e. The highest BCUT2D eigenvalue weighted by molar-refractivity contribution is 5.95. The van der Waals surface area contributed by atoms with Crippen molar-refractivity contribution in [2.75, 3.05) is 72.7 Å². The van der Waals surface area contributed by atoms with Crippen LogP contribution in [0.1, 0.15) is 57.5 Å². The van der Waals surface area contributed by atoms with Gasteiger partial charge in [-0.25, -0.2) is 9.59 Å². The number of benzene rings is 2. The van der Waals surface area contributed by atoms with Crippen molar-refractivity contribution in [1.29, 1.82) is 0 Å². The topological polar surface area (TPSA) is 202 Å². The second-order valence-electron chi connectivity index (χ2n) is 13.4. The second kappa shape index (κ2) is 17.6. The number of hydrogen-bond donors (Lipinski definition) is 6. The van der Waals surface area contributed by atoms with Gasteiger partial charge in [0.15, 0.2) is 0 Å². The maximum atomic E-state index is 13.0. The molecule has 2 aromatic rings. The maximum absolute atomic E-state index is 13.0. The molecule has 51 heavy (non-hydrogen) atoms. The average molecular weight is 715 g/mol. The summed E-state index contributed by atoms with van der Waals surface area (Å²) in [7, 11) is 1.39. The molecular weight excluding hydrogens is 664 g/mol. The van der Waals surface area contributed by atoms with Crippen molar-refractivity contribution >= 4 is 18.0 Å². The van der Waals surface area contributed by atoms with E-state index in [0.29, 0.717) is 87.5 Å². The molecule has 2 saturated heterocycles. The number of nitrogens with zero attached hydrogens (tertiary/aromatic N) is 3. The van der Waals surface area contributed by atoms with Crippen LogP contribution in [0.2, 0.25) is 0 Å². The molecule has 0 unspecified atom stereocenters. The van der Waals surface area contributed by atoms with Crippen molar-refractivity contribution in [3.05, 3.63) is 58.7 Å². The molecule has 280 valence electrons. The molecule has 1 saturated carbocycles. The lowest BCUT2D eigenvalue weighted by molar-refractivity contribution is -0.114. The fourth-order valence-electron chi connectivity index (χ4n) is 6.40. The van der Waals surface area contributed by atoms with Gasteiger partial charge in [0.25, 0.3) is 5.91 Å². The molecule has 2 amide bonds. The fourth-order valence-corrected chi connectivity index (χ4v) is 6.40. The lowest BCUT2D eigenvalue weighted by Crippen LogP contribution is -2.54. The summed E-state index contributed by atoms with van der Waals surface area (Å²) in [6.45, 7) is 5.91. The first-order valence-corrected chi connectivity index (χ1v) is 17.5. The lowest BCUT2D eigenvalue weighted by Gasteiger charge is -2.39. The number of carbonyl (C=O) groups excluding carboxylic acids is 3. The van der Waals surface area contributed by atoms with Gasteiger partial charge in [0.2, 0.25) is 0 Å². The molecule has 15 heteroatoms. The largest absolute Gasteiger partial charge is 0.494 e. The van der Waals surface area contributed by atoms with E-state index in [1.54, 1.807) is 40.1 Å². The third kappa shape index (κ3) is 9.74. The van der Waals surface area contributed by atoms with E-state index in [2.05, 4.69) is 16.3 Å². The van der Waals surface area contributed by atoms with Crippen LogP contribution in [0, 0.1) is 5.92 Å². The lowest BCUT2D eigenvalue weighted by atomic mass is 9.98. The molecule has 0 radical (unpaired) electrons. The number of carbonyl (C=O) groups is 3. The Bertz CT molecular complexity index is 1490. The summed E-state index contributed by atoms with van der Waals surface area (Å²) >= 11 is 0. The van der Waals surface area contributed by atoms with E-state index in [0.717, 1.165) is 24.0 Å². The summed E-state index contributed by atoms with van der Waals surface area (Å²) in [6.07, 6.45) is -4.58. The first-order chi connectivity index (χ1) is 24.5. The van der Waals surface area contributed by atoms with Gasteiger partial charge in [-0.3, -0.25) is 9.69 Å². The molecule has 2 aromatic carbocycles. The molecule has 0 bridgehead atoms. The summed E-state index contributed by atoms with van der Waals surface area (Å²) in [5.74, 6) is 0.975. The van der Waals surface area contributed by atoms with Gasteiger partial charge in [0.05, 0.1) is 32.0 Å². The number of hydrogen-bond acceptors (Lipinski definition) is 13. The van der Waals surface area contributed by atoms with Crippen LogP contribution in [-0.4, -0.2) is 155 Å². The molecule has 2 aliphatic heterocycles. The Balaban J connectivity index is 1.04. The number of aliphatic hydroxyl groups excluding tert-OH is 5. The molecule has 4 atom stereocenters. The zero-order chi connectivity index (χ0) is 36.7. The molecule has 5 rings (SSSR count). The predicted molar refractivity (Wildman–Crippen MR) is 184 cm³/mol. The first kappa shape index (κ1) is 38.4. The van der Waals surface area contributed by atoms with Gasteiger partial charge in [-0.15, -0.1) is 0 Å². The predicted octanol–water partition coefficient (Wildman–Crippen LogP) is 0.163. The van der Waals surface area contributed by atoms with Crippen molar-refractivity contribution in [1.82, 2.24) is 20.0 Å². The van der Waals surface area contributed by atoms with E-state index in [1.807, 2.05) is 6.92 Å². The van der Waals surface area contributed by atoms with Crippen LogP contribution in [0.5, 0.6) is 11.5 Å². The molecule has 0 spiro atoms. The van der Waals surface area contributed by atoms with Crippen LogP contribution in [0.15, 0.2) is 36.4 Å². The standard InChI is InChI=1S/C36H50N4O11/c1-3-50-31-15-28(35(47)49-2)27(23-4-5-23)14-25(31)20-38-10-12-39(13-11-38)36(48)51-26-8-6-24(7-9-26)34(46)40-18-22(19-40)16-37-17-29(42)32(44)33(45)30(43)21-41/h6-9,14-15,22-23,29-30,32-33,37,41-45H,3-5,10-13,16-21H2,1-2H3/t29-,30+,32+,33+/m0/s1. The van der Waals surface area contributed by atoms with E-state index in [9.17, 15) is 34.8 Å². The van der Waals surface area contributed by atoms with Gasteiger partial charge in [-0.2, -0.15) is 0 Å². The van der Waals surface area contributed by atoms with Crippen LogP contribution in [0.4, 0.5) is 4.79 Å². The van der Waals surface area contributed by atoms with Crippen LogP contribution in [0.25, 0.3) is 0 Å². The van der Waals surface area contributed by atoms with Gasteiger partial charge in [-0.1, -0.05) is 0 Å². The molecule has 15 nitrogen and oxygen atoms in total. The zero-order valence-corrected chi connectivity index (χ0v) is 29.1. The molecule has 3 fully saturated rings. The van der Waals surface area contributed by atoms with Crippen molar-refractivity contribution in [3.63, 3.8) is 0 Å². The normalized spacial score (nSPS) is 19.1. The Morgan fingerprint density at radius 2 is 1.59 bits per heavy atom. The van der Waals surface area contributed by atoms with Crippen molar-refractivity contribution in [2.45, 2.75) is 56.6 Å². The number of rotatable bonds is 16. The summed E-state index contributed by atoms with van der Waals surface area (Å²) in [4.78, 5) is 44.0. The van der Waals surface area contributed by atoms with E-state index >= 15 is 0 Å². The number of piperazine rings is 1. The Morgan fingerprint density at radius 3 is 2.20 bits per heavy atom. The highest BCUT2D eigenvalue weighted by Crippen LogP contribution is 2.44. The monoisotopic (exact) mass is 714 g/mol. The van der Waals surface area contributed by atoms with Gasteiger partial charge in [0.1, 0.15) is 29.8 Å². The molecular formula is C36H50N4O11. The Labute approximate surface area is 297 Å². The number of esters is 1. The minimum atomic E-state index is -1.68. The second-order valence-corrected chi connectivity index (χ2v) is 13.4. The molecule has 0 aromatic heterocycles. The number of nitrogens with one attached hydrogen (secondary N) is 1. The number of amides is 2. The molecule has 2 heterocycles. The maximum Gasteiger partial charge on any atom is 0.415 e. The van der Waals surface area contributed by atoms with Gasteiger partial charge < -0.3 is 54.9 Å². The van der Waals surface area contributed by atoms with Crippen molar-refractivity contribution in [3.8, 4) is 11.5 Å². The van der Waals surface area contributed by atoms with Crippen molar-refractivity contribution < 1.29 is 54.1 Å². The minimum Gasteiger partial charge on any atom is -0.494 e. The Hall–Kier alpha value is -3.83. The van der Waals surface area contributed by atoms with E-state index < -0.39 is 37.1 Å². The summed E-state index contributed by atoms with van der Waals surface area (Å²) < 4.78 is 16.5. The summed E-state index contributed by atoms with van der Waals surface area (Å²) in [5.41, 5.74) is 3.03. The zero-order valence-electron chi connectivity index (χ0n) is 29.1. The van der Waals surface area contributed by atoms with Crippen LogP contribution >= 0.6 is 0 Å². The number of likely N-dealkylation sites (tertiary alicyclic amines) is 1. The van der Waals surface area contributed by atoms with Crippen LogP contribution in [0.3, 0.4) is 0 Å². The first-order valence-electron chi connectivity index (χ1n) is 17.5. The van der Waals surface area contributed by atoms with E-state index in [-0.39, 0.29) is 24.3 Å². The van der Waals surface area contributed by atoms with Crippen LogP contribution in [-0.2, 0) is 11.3 Å². The third-order valence-corrected chi connectivity index (χ3v) is 9.64. The minimum absolute atomic E-state index is 0.0404. The van der Waals surface area contributed by atoms with E-state index in [1.165, 1.54) is 7.11 Å². The Morgan fingerprint density at radius 1 is 0.922 bits per heavy atom. The summed E-state index contributed by atoms with van der Waals surface area (Å²) in [6, 6.07) is 10.3. The summed E-state index contributed by atoms with van der Waals surface area (Å²) in [5, 5.41) is 51.0. The number of methoxy groups -OCH3 is 1. The quantitative estimate of drug-likeness (QED) is 0.129. The SMILES string of the molecule is CCOc1cc(C(=O)OC)c(C2CC2)cc1CN1CCN(C(=O)Oc2ccc(C(=O)N3CC(CNC[C@H](O)[C@@H](O)[C@H](O)[C@H](O)CO)C3)cc2)CC1. The average Bonchev–Trinajstić information content (AvgIpc) is 3.98. The molecule has 1 aliphatic carbocycles. The highest BCUT2D eigenvalue weighted by atomic mass is 16.6. The molecule has 3 aliphatic rings. The van der Waals surface area contributed by atoms with Gasteiger partial charge in [-0.05, 0) is 67.6 Å². The fraction of sp³-hybridized carbons (Fsp3) is 0.583.